The molecule has 0 aliphatic heterocycles. The SMILES string of the molecule is CC[C@@H](C)NC(=O)[C@@H](Cc1ccccc1)N(Cc1ccccc1F)C(=O)CN(c1ccc(C)cc1)S(=O)(=O)c1ccc(C)cc1. The average Bonchev–Trinajstić information content (AvgIpc) is 3.03. The van der Waals surface area contributed by atoms with Crippen LogP contribution in [0.3, 0.4) is 0 Å². The normalized spacial score (nSPS) is 12.6. The summed E-state index contributed by atoms with van der Waals surface area (Å²) in [6, 6.07) is 27.3. The largest absolute Gasteiger partial charge is 0.352 e. The second kappa shape index (κ2) is 15.0. The number of nitrogens with one attached hydrogen (secondary N) is 1. The maximum absolute atomic E-state index is 15.0. The number of hydrogen-bond donors (Lipinski definition) is 1. The van der Waals surface area contributed by atoms with Crippen LogP contribution in [0.2, 0.25) is 0 Å². The lowest BCUT2D eigenvalue weighted by atomic mass is 10.0. The Labute approximate surface area is 265 Å². The average molecular weight is 630 g/mol. The van der Waals surface area contributed by atoms with Crippen molar-refractivity contribution in [1.82, 2.24) is 10.2 Å². The molecule has 4 aromatic carbocycles. The van der Waals surface area contributed by atoms with Crippen molar-refractivity contribution in [2.24, 2.45) is 0 Å². The van der Waals surface area contributed by atoms with E-state index >= 15 is 4.39 Å². The van der Waals surface area contributed by atoms with Crippen LogP contribution in [0.1, 0.15) is 42.5 Å². The highest BCUT2D eigenvalue weighted by Crippen LogP contribution is 2.26. The third kappa shape index (κ3) is 8.57. The van der Waals surface area contributed by atoms with Crippen LogP contribution in [-0.2, 0) is 32.6 Å². The third-order valence-corrected chi connectivity index (χ3v) is 9.57. The lowest BCUT2D eigenvalue weighted by Gasteiger charge is -2.34. The highest BCUT2D eigenvalue weighted by molar-refractivity contribution is 7.92. The molecule has 0 aliphatic rings. The van der Waals surface area contributed by atoms with Gasteiger partial charge < -0.3 is 10.2 Å². The Morgan fingerprint density at radius 1 is 0.822 bits per heavy atom. The number of nitrogens with zero attached hydrogens (tertiary/aromatic N) is 2. The van der Waals surface area contributed by atoms with Crippen LogP contribution in [0.25, 0.3) is 0 Å². The van der Waals surface area contributed by atoms with Crippen LogP contribution < -0.4 is 9.62 Å². The number of hydrogen-bond acceptors (Lipinski definition) is 4. The van der Waals surface area contributed by atoms with Crippen molar-refractivity contribution in [3.8, 4) is 0 Å². The van der Waals surface area contributed by atoms with Crippen LogP contribution in [0.4, 0.5) is 10.1 Å². The fourth-order valence-corrected chi connectivity index (χ4v) is 6.30. The van der Waals surface area contributed by atoms with Crippen LogP contribution in [0.15, 0.2) is 108 Å². The molecule has 0 heterocycles. The minimum atomic E-state index is -4.21. The Kier molecular flexibility index (Phi) is 11.1. The van der Waals surface area contributed by atoms with E-state index in [-0.39, 0.29) is 29.5 Å². The minimum Gasteiger partial charge on any atom is -0.352 e. The van der Waals surface area contributed by atoms with Crippen molar-refractivity contribution in [1.29, 1.82) is 0 Å². The van der Waals surface area contributed by atoms with E-state index in [9.17, 15) is 18.0 Å². The van der Waals surface area contributed by atoms with Gasteiger partial charge >= 0.3 is 0 Å². The van der Waals surface area contributed by atoms with Gasteiger partial charge in [0.05, 0.1) is 10.6 Å². The first-order chi connectivity index (χ1) is 21.5. The van der Waals surface area contributed by atoms with Gasteiger partial charge in [0.1, 0.15) is 18.4 Å². The van der Waals surface area contributed by atoms with Gasteiger partial charge in [0.15, 0.2) is 0 Å². The summed E-state index contributed by atoms with van der Waals surface area (Å²) in [7, 11) is -4.21. The second-order valence-electron chi connectivity index (χ2n) is 11.3. The quantitative estimate of drug-likeness (QED) is 0.191. The zero-order chi connectivity index (χ0) is 32.6. The molecule has 236 valence electrons. The number of aryl methyl sites for hydroxylation is 2. The van der Waals surface area contributed by atoms with Gasteiger partial charge in [-0.1, -0.05) is 90.8 Å². The van der Waals surface area contributed by atoms with Gasteiger partial charge in [-0.05, 0) is 63.1 Å². The molecule has 0 spiro atoms. The molecular weight excluding hydrogens is 589 g/mol. The van der Waals surface area contributed by atoms with E-state index in [4.69, 9.17) is 0 Å². The van der Waals surface area contributed by atoms with Gasteiger partial charge in [-0.25, -0.2) is 12.8 Å². The molecule has 0 aliphatic carbocycles. The molecule has 9 heteroatoms. The molecule has 7 nitrogen and oxygen atoms in total. The molecule has 2 atom stereocenters. The summed E-state index contributed by atoms with van der Waals surface area (Å²) in [6.45, 7) is 6.71. The summed E-state index contributed by atoms with van der Waals surface area (Å²) >= 11 is 0. The predicted molar refractivity (Wildman–Crippen MR) is 176 cm³/mol. The first kappa shape index (κ1) is 33.4. The van der Waals surface area contributed by atoms with Crippen LogP contribution in [0, 0.1) is 19.7 Å². The predicted octanol–water partition coefficient (Wildman–Crippen LogP) is 6.19. The number of anilines is 1. The van der Waals surface area contributed by atoms with Gasteiger partial charge in [-0.15, -0.1) is 0 Å². The number of carbonyl (C=O) groups is 2. The van der Waals surface area contributed by atoms with E-state index in [1.54, 1.807) is 54.6 Å². The highest BCUT2D eigenvalue weighted by Gasteiger charge is 2.35. The van der Waals surface area contributed by atoms with Crippen molar-refractivity contribution in [2.45, 2.75) is 64.1 Å². The molecule has 0 radical (unpaired) electrons. The van der Waals surface area contributed by atoms with Crippen molar-refractivity contribution < 1.29 is 22.4 Å². The standard InChI is InChI=1S/C36H40FN3O4S/c1-5-28(4)38-36(42)34(23-29-11-7-6-8-12-29)39(24-30-13-9-10-14-33(30)37)35(41)25-40(31-19-15-26(2)16-20-31)45(43,44)32-21-17-27(3)18-22-32/h6-22,28,34H,5,23-25H2,1-4H3,(H,38,42)/t28-,34-/m1/s1. The lowest BCUT2D eigenvalue weighted by molar-refractivity contribution is -0.140. The molecule has 4 aromatic rings. The fourth-order valence-electron chi connectivity index (χ4n) is 4.88. The van der Waals surface area contributed by atoms with Gasteiger partial charge in [-0.2, -0.15) is 0 Å². The van der Waals surface area contributed by atoms with E-state index in [0.717, 1.165) is 21.0 Å². The van der Waals surface area contributed by atoms with Crippen molar-refractivity contribution in [3.63, 3.8) is 0 Å². The van der Waals surface area contributed by atoms with Crippen molar-refractivity contribution >= 4 is 27.5 Å². The molecule has 0 aromatic heterocycles. The maximum atomic E-state index is 15.0. The van der Waals surface area contributed by atoms with E-state index < -0.39 is 40.2 Å². The van der Waals surface area contributed by atoms with E-state index in [1.165, 1.54) is 23.1 Å². The zero-order valence-corrected chi connectivity index (χ0v) is 26.9. The van der Waals surface area contributed by atoms with Crippen LogP contribution in [0.5, 0.6) is 0 Å². The summed E-state index contributed by atoms with van der Waals surface area (Å²) in [6.07, 6.45) is 0.819. The minimum absolute atomic E-state index is 0.0254. The summed E-state index contributed by atoms with van der Waals surface area (Å²) in [5.74, 6) is -1.57. The lowest BCUT2D eigenvalue weighted by Crippen LogP contribution is -2.54. The number of carbonyl (C=O) groups excluding carboxylic acids is 2. The summed E-state index contributed by atoms with van der Waals surface area (Å²) < 4.78 is 44.3. The number of benzene rings is 4. The van der Waals surface area contributed by atoms with Gasteiger partial charge in [-0.3, -0.25) is 13.9 Å². The maximum Gasteiger partial charge on any atom is 0.264 e. The summed E-state index contributed by atoms with van der Waals surface area (Å²) in [4.78, 5) is 29.6. The molecule has 45 heavy (non-hydrogen) atoms. The number of halogens is 1. The fraction of sp³-hybridized carbons (Fsp3) is 0.278. The molecular formula is C36H40FN3O4S. The monoisotopic (exact) mass is 629 g/mol. The van der Waals surface area contributed by atoms with Crippen molar-refractivity contribution in [3.05, 3.63) is 131 Å². The molecule has 0 fully saturated rings. The number of sulfonamides is 1. The molecule has 1 N–H and O–H groups in total. The van der Waals surface area contributed by atoms with Crippen molar-refractivity contribution in [2.75, 3.05) is 10.8 Å². The van der Waals surface area contributed by atoms with Crippen LogP contribution >= 0.6 is 0 Å². The van der Waals surface area contributed by atoms with E-state index in [0.29, 0.717) is 12.1 Å². The van der Waals surface area contributed by atoms with E-state index in [1.807, 2.05) is 58.0 Å². The Hall–Kier alpha value is -4.50. The Morgan fingerprint density at radius 3 is 2.00 bits per heavy atom. The molecule has 0 bridgehead atoms. The van der Waals surface area contributed by atoms with Gasteiger partial charge in [0, 0.05) is 24.6 Å². The van der Waals surface area contributed by atoms with Gasteiger partial charge in [0.2, 0.25) is 11.8 Å². The summed E-state index contributed by atoms with van der Waals surface area (Å²) in [5.41, 5.74) is 3.12. The number of amides is 2. The summed E-state index contributed by atoms with van der Waals surface area (Å²) in [5, 5.41) is 2.98. The Bertz CT molecular complexity index is 1690. The highest BCUT2D eigenvalue weighted by atomic mass is 32.2. The van der Waals surface area contributed by atoms with E-state index in [2.05, 4.69) is 5.32 Å². The smallest absolute Gasteiger partial charge is 0.264 e. The molecule has 2 amide bonds. The molecule has 4 rings (SSSR count). The molecule has 0 saturated heterocycles. The number of rotatable bonds is 13. The Balaban J connectivity index is 1.81. The first-order valence-corrected chi connectivity index (χ1v) is 16.5. The molecule has 0 unspecified atom stereocenters. The zero-order valence-electron chi connectivity index (χ0n) is 26.1. The van der Waals surface area contributed by atoms with Gasteiger partial charge in [0.25, 0.3) is 10.0 Å². The Morgan fingerprint density at radius 2 is 1.40 bits per heavy atom. The topological polar surface area (TPSA) is 86.8 Å². The van der Waals surface area contributed by atoms with Crippen LogP contribution in [-0.4, -0.2) is 43.8 Å². The first-order valence-electron chi connectivity index (χ1n) is 15.0. The molecule has 0 saturated carbocycles. The third-order valence-electron chi connectivity index (χ3n) is 7.78. The second-order valence-corrected chi connectivity index (χ2v) is 13.2.